The molecule has 2 aromatic rings. The van der Waals surface area contributed by atoms with Crippen molar-refractivity contribution in [3.63, 3.8) is 0 Å². The van der Waals surface area contributed by atoms with Gasteiger partial charge in [-0.05, 0) is 30.5 Å². The fourth-order valence-electron chi connectivity index (χ4n) is 2.92. The Hall–Kier alpha value is -0.910. The van der Waals surface area contributed by atoms with Crippen molar-refractivity contribution >= 4 is 22.9 Å². The second kappa shape index (κ2) is 7.32. The lowest BCUT2D eigenvalue weighted by molar-refractivity contribution is -0.112. The summed E-state index contributed by atoms with van der Waals surface area (Å²) in [5.74, 6) is 0. The molecule has 5 heteroatoms. The van der Waals surface area contributed by atoms with E-state index in [1.54, 1.807) is 0 Å². The predicted molar refractivity (Wildman–Crippen MR) is 93.3 cm³/mol. The molecule has 0 radical (unpaired) electrons. The lowest BCUT2D eigenvalue weighted by Crippen LogP contribution is -2.33. The van der Waals surface area contributed by atoms with E-state index in [2.05, 4.69) is 37.3 Å². The SMILES string of the molecule is Cc1ccc(Cc2cc(C3CC(O)CC(CO)O3)sc2Cl)cc1. The quantitative estimate of drug-likeness (QED) is 0.878. The van der Waals surface area contributed by atoms with E-state index >= 15 is 0 Å². The molecule has 3 atom stereocenters. The van der Waals surface area contributed by atoms with Gasteiger partial charge in [0.2, 0.25) is 0 Å². The van der Waals surface area contributed by atoms with Crippen molar-refractivity contribution in [2.24, 2.45) is 0 Å². The van der Waals surface area contributed by atoms with Gasteiger partial charge in [-0.2, -0.15) is 0 Å². The van der Waals surface area contributed by atoms with Crippen LogP contribution in [-0.4, -0.2) is 29.0 Å². The number of thiophene rings is 1. The molecule has 2 heterocycles. The van der Waals surface area contributed by atoms with Gasteiger partial charge in [0.25, 0.3) is 0 Å². The molecular weight excluding hydrogens is 332 g/mol. The zero-order valence-corrected chi connectivity index (χ0v) is 14.6. The number of aliphatic hydroxyl groups excluding tert-OH is 2. The van der Waals surface area contributed by atoms with Gasteiger partial charge >= 0.3 is 0 Å². The molecule has 1 aliphatic heterocycles. The molecule has 1 aromatic heterocycles. The lowest BCUT2D eigenvalue weighted by atomic mass is 9.99. The fraction of sp³-hybridized carbons (Fsp3) is 0.444. The van der Waals surface area contributed by atoms with Gasteiger partial charge in [-0.15, -0.1) is 11.3 Å². The molecule has 0 saturated carbocycles. The van der Waals surface area contributed by atoms with Gasteiger partial charge in [-0.1, -0.05) is 41.4 Å². The minimum Gasteiger partial charge on any atom is -0.394 e. The Balaban J connectivity index is 1.76. The largest absolute Gasteiger partial charge is 0.394 e. The minimum absolute atomic E-state index is 0.0666. The van der Waals surface area contributed by atoms with Gasteiger partial charge in [0, 0.05) is 17.7 Å². The molecule has 1 aromatic carbocycles. The first-order valence-electron chi connectivity index (χ1n) is 7.83. The average molecular weight is 353 g/mol. The van der Waals surface area contributed by atoms with E-state index in [4.69, 9.17) is 16.3 Å². The Morgan fingerprint density at radius 3 is 2.70 bits per heavy atom. The van der Waals surface area contributed by atoms with Gasteiger partial charge in [0.15, 0.2) is 0 Å². The monoisotopic (exact) mass is 352 g/mol. The molecule has 1 fully saturated rings. The van der Waals surface area contributed by atoms with E-state index in [0.29, 0.717) is 12.8 Å². The Morgan fingerprint density at radius 1 is 1.26 bits per heavy atom. The van der Waals surface area contributed by atoms with Crippen LogP contribution < -0.4 is 0 Å². The molecular formula is C18H21ClO3S. The van der Waals surface area contributed by atoms with E-state index in [0.717, 1.165) is 21.2 Å². The number of rotatable bonds is 4. The Labute approximate surface area is 145 Å². The first-order chi connectivity index (χ1) is 11.0. The summed E-state index contributed by atoms with van der Waals surface area (Å²) in [6, 6.07) is 10.5. The molecule has 3 nitrogen and oxygen atoms in total. The number of halogens is 1. The zero-order chi connectivity index (χ0) is 16.4. The molecule has 0 bridgehead atoms. The highest BCUT2D eigenvalue weighted by molar-refractivity contribution is 7.16. The van der Waals surface area contributed by atoms with Crippen molar-refractivity contribution < 1.29 is 14.9 Å². The van der Waals surface area contributed by atoms with Crippen LogP contribution in [0.2, 0.25) is 4.34 Å². The van der Waals surface area contributed by atoms with E-state index in [1.165, 1.54) is 22.5 Å². The summed E-state index contributed by atoms with van der Waals surface area (Å²) in [6.45, 7) is 2.01. The molecule has 124 valence electrons. The summed E-state index contributed by atoms with van der Waals surface area (Å²) in [7, 11) is 0. The summed E-state index contributed by atoms with van der Waals surface area (Å²) < 4.78 is 6.64. The maximum Gasteiger partial charge on any atom is 0.0967 e. The summed E-state index contributed by atoms with van der Waals surface area (Å²) in [5, 5.41) is 19.3. The Bertz CT molecular complexity index is 653. The van der Waals surface area contributed by atoms with Gasteiger partial charge in [-0.3, -0.25) is 0 Å². The highest BCUT2D eigenvalue weighted by Crippen LogP contribution is 2.39. The van der Waals surface area contributed by atoms with Crippen LogP contribution in [0.3, 0.4) is 0 Å². The van der Waals surface area contributed by atoms with Crippen LogP contribution in [0.4, 0.5) is 0 Å². The molecule has 0 amide bonds. The van der Waals surface area contributed by atoms with Crippen molar-refractivity contribution in [3.05, 3.63) is 56.2 Å². The number of benzene rings is 1. The smallest absolute Gasteiger partial charge is 0.0967 e. The third-order valence-electron chi connectivity index (χ3n) is 4.19. The van der Waals surface area contributed by atoms with Gasteiger partial charge < -0.3 is 14.9 Å². The highest BCUT2D eigenvalue weighted by Gasteiger charge is 2.30. The van der Waals surface area contributed by atoms with Crippen LogP contribution in [0.5, 0.6) is 0 Å². The fourth-order valence-corrected chi connectivity index (χ4v) is 4.27. The number of aliphatic hydroxyl groups is 2. The Morgan fingerprint density at radius 2 is 2.00 bits per heavy atom. The maximum absolute atomic E-state index is 9.96. The summed E-state index contributed by atoms with van der Waals surface area (Å²) in [5.41, 5.74) is 3.55. The minimum atomic E-state index is -0.438. The third kappa shape index (κ3) is 4.14. The van der Waals surface area contributed by atoms with Gasteiger partial charge in [0.1, 0.15) is 0 Å². The first-order valence-corrected chi connectivity index (χ1v) is 9.02. The molecule has 1 aliphatic rings. The number of aryl methyl sites for hydroxylation is 1. The molecule has 0 aliphatic carbocycles. The standard InChI is InChI=1S/C18H21ClO3S/c1-11-2-4-12(5-3-11)6-13-7-17(23-18(13)19)16-9-14(21)8-15(10-20)22-16/h2-5,7,14-16,20-21H,6,8-10H2,1H3. The van der Waals surface area contributed by atoms with Crippen LogP contribution in [0.15, 0.2) is 30.3 Å². The second-order valence-electron chi connectivity index (χ2n) is 6.16. The Kier molecular flexibility index (Phi) is 5.39. The van der Waals surface area contributed by atoms with Crippen molar-refractivity contribution in [1.82, 2.24) is 0 Å². The second-order valence-corrected chi connectivity index (χ2v) is 7.85. The summed E-state index contributed by atoms with van der Waals surface area (Å²) >= 11 is 7.91. The zero-order valence-electron chi connectivity index (χ0n) is 13.0. The molecule has 23 heavy (non-hydrogen) atoms. The molecule has 1 saturated heterocycles. The topological polar surface area (TPSA) is 49.7 Å². The van der Waals surface area contributed by atoms with Crippen molar-refractivity contribution in [2.45, 2.75) is 44.5 Å². The van der Waals surface area contributed by atoms with Crippen molar-refractivity contribution in [1.29, 1.82) is 0 Å². The normalized spacial score (nSPS) is 24.8. The van der Waals surface area contributed by atoms with Crippen LogP contribution in [-0.2, 0) is 11.2 Å². The molecule has 3 rings (SSSR count). The average Bonchev–Trinajstić information content (AvgIpc) is 2.90. The van der Waals surface area contributed by atoms with Crippen LogP contribution in [0.25, 0.3) is 0 Å². The van der Waals surface area contributed by atoms with Gasteiger partial charge in [0.05, 0.1) is 29.3 Å². The van der Waals surface area contributed by atoms with Crippen molar-refractivity contribution in [3.8, 4) is 0 Å². The summed E-state index contributed by atoms with van der Waals surface area (Å²) in [6.07, 6.45) is 0.899. The first kappa shape index (κ1) is 16.9. The van der Waals surface area contributed by atoms with Crippen LogP contribution in [0, 0.1) is 6.92 Å². The predicted octanol–water partition coefficient (Wildman–Crippen LogP) is 3.87. The highest BCUT2D eigenvalue weighted by atomic mass is 35.5. The van der Waals surface area contributed by atoms with E-state index in [-0.39, 0.29) is 18.8 Å². The van der Waals surface area contributed by atoms with Crippen LogP contribution >= 0.6 is 22.9 Å². The van der Waals surface area contributed by atoms with E-state index in [9.17, 15) is 10.2 Å². The molecule has 0 spiro atoms. The van der Waals surface area contributed by atoms with E-state index < -0.39 is 6.10 Å². The maximum atomic E-state index is 9.96. The lowest BCUT2D eigenvalue weighted by Gasteiger charge is -2.31. The molecule has 2 N–H and O–H groups in total. The molecule has 3 unspecified atom stereocenters. The van der Waals surface area contributed by atoms with Crippen molar-refractivity contribution in [2.75, 3.05) is 6.61 Å². The number of hydrogen-bond donors (Lipinski definition) is 2. The number of hydrogen-bond acceptors (Lipinski definition) is 4. The van der Waals surface area contributed by atoms with E-state index in [1.807, 2.05) is 0 Å². The van der Waals surface area contributed by atoms with Gasteiger partial charge in [-0.25, -0.2) is 0 Å². The number of ether oxygens (including phenoxy) is 1. The van der Waals surface area contributed by atoms with Crippen LogP contribution in [0.1, 0.15) is 40.5 Å². The third-order valence-corrected chi connectivity index (χ3v) is 5.72. The summed E-state index contributed by atoms with van der Waals surface area (Å²) in [4.78, 5) is 1.02.